The van der Waals surface area contributed by atoms with Gasteiger partial charge in [0.15, 0.2) is 0 Å². The summed E-state index contributed by atoms with van der Waals surface area (Å²) >= 11 is 1.65. The SMILES string of the molecule is NCc1ccc(CC(c2ccsc2)c2nc(-c3ccc(CN4CC(C(=O)O)C4)cc3)no2)cc1. The van der Waals surface area contributed by atoms with Crippen LogP contribution in [0.3, 0.4) is 0 Å². The van der Waals surface area contributed by atoms with Gasteiger partial charge in [0.25, 0.3) is 0 Å². The predicted octanol–water partition coefficient (Wildman–Crippen LogP) is 4.15. The number of benzene rings is 2. The van der Waals surface area contributed by atoms with Crippen LogP contribution in [-0.2, 0) is 24.3 Å². The molecule has 8 heteroatoms. The quantitative estimate of drug-likeness (QED) is 0.375. The van der Waals surface area contributed by atoms with Gasteiger partial charge in [0.1, 0.15) is 0 Å². The lowest BCUT2D eigenvalue weighted by molar-refractivity contribution is -0.147. The molecule has 0 bridgehead atoms. The summed E-state index contributed by atoms with van der Waals surface area (Å²) in [5.74, 6) is 0.180. The van der Waals surface area contributed by atoms with E-state index in [1.54, 1.807) is 11.3 Å². The van der Waals surface area contributed by atoms with Crippen LogP contribution in [0, 0.1) is 5.92 Å². The molecule has 0 aliphatic carbocycles. The first-order chi connectivity index (χ1) is 16.6. The summed E-state index contributed by atoms with van der Waals surface area (Å²) in [6.07, 6.45) is 0.759. The average molecular weight is 475 g/mol. The Morgan fingerprint density at radius 2 is 1.79 bits per heavy atom. The summed E-state index contributed by atoms with van der Waals surface area (Å²) in [6, 6.07) is 18.5. The topological polar surface area (TPSA) is 105 Å². The zero-order chi connectivity index (χ0) is 23.5. The number of aromatic nitrogens is 2. The smallest absolute Gasteiger partial charge is 0.309 e. The summed E-state index contributed by atoms with van der Waals surface area (Å²) in [4.78, 5) is 17.9. The van der Waals surface area contributed by atoms with Gasteiger partial charge < -0.3 is 15.4 Å². The number of nitrogens with zero attached hydrogens (tertiary/aromatic N) is 3. The molecule has 0 amide bonds. The van der Waals surface area contributed by atoms with Gasteiger partial charge in [-0.25, -0.2) is 0 Å². The van der Waals surface area contributed by atoms with Crippen molar-refractivity contribution in [2.75, 3.05) is 13.1 Å². The zero-order valence-electron chi connectivity index (χ0n) is 18.6. The maximum Gasteiger partial charge on any atom is 0.309 e. The third kappa shape index (κ3) is 4.94. The van der Waals surface area contributed by atoms with Crippen LogP contribution in [0.25, 0.3) is 11.4 Å². The molecule has 34 heavy (non-hydrogen) atoms. The fourth-order valence-electron chi connectivity index (χ4n) is 4.23. The molecule has 5 rings (SSSR count). The zero-order valence-corrected chi connectivity index (χ0v) is 19.4. The van der Waals surface area contributed by atoms with Gasteiger partial charge >= 0.3 is 5.97 Å². The molecule has 2 aromatic carbocycles. The Labute approximate surface area is 201 Å². The molecule has 1 atom stereocenters. The van der Waals surface area contributed by atoms with E-state index in [2.05, 4.69) is 51.1 Å². The van der Waals surface area contributed by atoms with Crippen LogP contribution in [0.15, 0.2) is 69.9 Å². The van der Waals surface area contributed by atoms with Crippen LogP contribution in [0.5, 0.6) is 0 Å². The Bertz CT molecular complexity index is 1230. The molecule has 1 aliphatic rings. The van der Waals surface area contributed by atoms with Crippen molar-refractivity contribution >= 4 is 17.3 Å². The molecule has 0 saturated carbocycles. The number of carbonyl (C=O) groups is 1. The van der Waals surface area contributed by atoms with Crippen molar-refractivity contribution in [1.82, 2.24) is 15.0 Å². The highest BCUT2D eigenvalue weighted by atomic mass is 32.1. The van der Waals surface area contributed by atoms with Crippen LogP contribution in [0.4, 0.5) is 0 Å². The minimum absolute atomic E-state index is 0.0240. The number of hydrogen-bond donors (Lipinski definition) is 2. The van der Waals surface area contributed by atoms with Crippen LogP contribution in [0.1, 0.15) is 34.1 Å². The van der Waals surface area contributed by atoms with Crippen LogP contribution in [-0.4, -0.2) is 39.2 Å². The maximum atomic E-state index is 11.0. The molecular weight excluding hydrogens is 448 g/mol. The Morgan fingerprint density at radius 3 is 2.44 bits per heavy atom. The highest BCUT2D eigenvalue weighted by Crippen LogP contribution is 2.31. The fraction of sp³-hybridized carbons (Fsp3) is 0.269. The van der Waals surface area contributed by atoms with E-state index < -0.39 is 5.97 Å². The van der Waals surface area contributed by atoms with Gasteiger partial charge in [0.2, 0.25) is 11.7 Å². The van der Waals surface area contributed by atoms with Crippen molar-refractivity contribution in [1.29, 1.82) is 0 Å². The third-order valence-electron chi connectivity index (χ3n) is 6.31. The summed E-state index contributed by atoms with van der Waals surface area (Å²) in [7, 11) is 0. The van der Waals surface area contributed by atoms with E-state index in [9.17, 15) is 4.79 Å². The van der Waals surface area contributed by atoms with Gasteiger partial charge in [0.05, 0.1) is 11.8 Å². The van der Waals surface area contributed by atoms with Crippen LogP contribution < -0.4 is 5.73 Å². The highest BCUT2D eigenvalue weighted by molar-refractivity contribution is 7.08. The summed E-state index contributed by atoms with van der Waals surface area (Å²) < 4.78 is 5.74. The molecule has 1 fully saturated rings. The van der Waals surface area contributed by atoms with E-state index in [1.165, 1.54) is 5.56 Å². The second-order valence-electron chi connectivity index (χ2n) is 8.72. The number of carboxylic acid groups (broad SMARTS) is 1. The Kier molecular flexibility index (Phi) is 6.53. The number of aliphatic carboxylic acids is 1. The van der Waals surface area contributed by atoms with Crippen molar-refractivity contribution in [3.63, 3.8) is 0 Å². The van der Waals surface area contributed by atoms with Crippen LogP contribution >= 0.6 is 11.3 Å². The maximum absolute atomic E-state index is 11.0. The van der Waals surface area contributed by atoms with E-state index in [-0.39, 0.29) is 11.8 Å². The summed E-state index contributed by atoms with van der Waals surface area (Å²) in [5, 5.41) is 17.5. The molecule has 174 valence electrons. The lowest BCUT2D eigenvalue weighted by Gasteiger charge is -2.36. The number of rotatable bonds is 9. The molecular formula is C26H26N4O3S. The molecule has 7 nitrogen and oxygen atoms in total. The van der Waals surface area contributed by atoms with E-state index in [4.69, 9.17) is 20.3 Å². The largest absolute Gasteiger partial charge is 0.481 e. The Morgan fingerprint density at radius 1 is 1.09 bits per heavy atom. The molecule has 0 spiro atoms. The van der Waals surface area contributed by atoms with Gasteiger partial charge in [-0.3, -0.25) is 9.69 Å². The molecule has 3 N–H and O–H groups in total. The lowest BCUT2D eigenvalue weighted by atomic mass is 9.93. The number of likely N-dealkylation sites (tertiary alicyclic amines) is 1. The molecule has 4 aromatic rings. The normalized spacial score (nSPS) is 15.2. The van der Waals surface area contributed by atoms with Crippen molar-refractivity contribution in [3.8, 4) is 11.4 Å². The molecule has 3 heterocycles. The monoisotopic (exact) mass is 474 g/mol. The van der Waals surface area contributed by atoms with Gasteiger partial charge in [-0.2, -0.15) is 16.3 Å². The van der Waals surface area contributed by atoms with E-state index in [1.807, 2.05) is 24.3 Å². The first-order valence-electron chi connectivity index (χ1n) is 11.3. The van der Waals surface area contributed by atoms with Crippen molar-refractivity contribution < 1.29 is 14.4 Å². The Balaban J connectivity index is 1.30. The molecule has 1 saturated heterocycles. The second kappa shape index (κ2) is 9.89. The molecule has 1 aliphatic heterocycles. The van der Waals surface area contributed by atoms with Crippen molar-refractivity contribution in [3.05, 3.63) is 93.5 Å². The van der Waals surface area contributed by atoms with Gasteiger partial charge in [-0.05, 0) is 45.5 Å². The number of carboxylic acids is 1. The van der Waals surface area contributed by atoms with Gasteiger partial charge in [-0.15, -0.1) is 0 Å². The standard InChI is InChI=1S/C26H26N4O3S/c27-12-18-3-1-17(2-4-18)11-23(21-9-10-34-16-21)25-28-24(29-33-25)20-7-5-19(6-8-20)13-30-14-22(15-30)26(31)32/h1-10,16,22-23H,11-15,27H2,(H,31,32). The fourth-order valence-corrected chi connectivity index (χ4v) is 4.95. The van der Waals surface area contributed by atoms with Gasteiger partial charge in [-0.1, -0.05) is 53.7 Å². The van der Waals surface area contributed by atoms with E-state index in [0.29, 0.717) is 31.3 Å². The second-order valence-corrected chi connectivity index (χ2v) is 9.50. The van der Waals surface area contributed by atoms with E-state index >= 15 is 0 Å². The minimum atomic E-state index is -0.715. The Hall–Kier alpha value is -3.33. The van der Waals surface area contributed by atoms with Crippen molar-refractivity contribution in [2.24, 2.45) is 11.7 Å². The number of thiophene rings is 1. The van der Waals surface area contributed by atoms with E-state index in [0.717, 1.165) is 35.2 Å². The first kappa shape index (κ1) is 22.5. The van der Waals surface area contributed by atoms with Gasteiger partial charge in [0, 0.05) is 31.7 Å². The average Bonchev–Trinajstić information content (AvgIpc) is 3.53. The van der Waals surface area contributed by atoms with Crippen LogP contribution in [0.2, 0.25) is 0 Å². The lowest BCUT2D eigenvalue weighted by Crippen LogP contribution is -2.49. The highest BCUT2D eigenvalue weighted by Gasteiger charge is 2.32. The minimum Gasteiger partial charge on any atom is -0.481 e. The van der Waals surface area contributed by atoms with Crippen molar-refractivity contribution in [2.45, 2.75) is 25.4 Å². The molecule has 0 radical (unpaired) electrons. The predicted molar refractivity (Wildman–Crippen MR) is 130 cm³/mol. The molecule has 1 unspecified atom stereocenters. The summed E-state index contributed by atoms with van der Waals surface area (Å²) in [6.45, 7) is 2.47. The first-order valence-corrected chi connectivity index (χ1v) is 12.2. The third-order valence-corrected chi connectivity index (χ3v) is 7.01. The number of nitrogens with two attached hydrogens (primary N) is 1. The summed E-state index contributed by atoms with van der Waals surface area (Å²) in [5.41, 5.74) is 11.2. The number of hydrogen-bond acceptors (Lipinski definition) is 7. The molecule has 2 aromatic heterocycles.